The highest BCUT2D eigenvalue weighted by Gasteiger charge is 2.14. The first-order chi connectivity index (χ1) is 24.0. The lowest BCUT2D eigenvalue weighted by atomic mass is 10.0. The van der Waals surface area contributed by atoms with Crippen molar-refractivity contribution in [2.75, 3.05) is 40.6 Å². The number of hydrogen-bond donors (Lipinski definition) is 2. The van der Waals surface area contributed by atoms with Crippen LogP contribution in [0.1, 0.15) is 22.3 Å². The molecular weight excluding hydrogens is 695 g/mol. The van der Waals surface area contributed by atoms with E-state index in [-0.39, 0.29) is 13.2 Å². The molecule has 0 spiro atoms. The fraction of sp³-hybridized carbons (Fsp3) is 0.222. The van der Waals surface area contributed by atoms with E-state index in [4.69, 9.17) is 52.4 Å². The van der Waals surface area contributed by atoms with E-state index in [1.54, 1.807) is 66.7 Å². The van der Waals surface area contributed by atoms with Crippen molar-refractivity contribution in [3.63, 3.8) is 0 Å². The summed E-state index contributed by atoms with van der Waals surface area (Å²) >= 11 is 12.1. The van der Waals surface area contributed by atoms with E-state index in [0.29, 0.717) is 51.4 Å². The minimum Gasteiger partial charge on any atom is -0.482 e. The van der Waals surface area contributed by atoms with E-state index in [0.717, 1.165) is 16.7 Å². The van der Waals surface area contributed by atoms with Gasteiger partial charge < -0.3 is 38.6 Å². The van der Waals surface area contributed by atoms with Crippen LogP contribution in [0.25, 0.3) is 0 Å². The Morgan fingerprint density at radius 1 is 0.500 bits per heavy atom. The van der Waals surface area contributed by atoms with E-state index in [1.165, 1.54) is 14.2 Å². The molecule has 2 N–H and O–H groups in total. The summed E-state index contributed by atoms with van der Waals surface area (Å²) in [7, 11) is 2.60. The first kappa shape index (κ1) is 39.0. The predicted molar refractivity (Wildman–Crippen MR) is 183 cm³/mol. The first-order valence-electron chi connectivity index (χ1n) is 14.8. The Morgan fingerprint density at radius 2 is 0.840 bits per heavy atom. The van der Waals surface area contributed by atoms with Crippen molar-refractivity contribution in [1.29, 1.82) is 0 Å². The van der Waals surface area contributed by atoms with Crippen LogP contribution in [0.5, 0.6) is 23.0 Å². The Bertz CT molecular complexity index is 1780. The number of carbonyl (C=O) groups excluding carboxylic acids is 2. The second kappa shape index (κ2) is 20.1. The number of carbonyl (C=O) groups is 4. The summed E-state index contributed by atoms with van der Waals surface area (Å²) in [5.41, 5.74) is 3.02. The minimum atomic E-state index is -1.08. The van der Waals surface area contributed by atoms with E-state index in [9.17, 15) is 19.2 Å². The van der Waals surface area contributed by atoms with Gasteiger partial charge in [-0.1, -0.05) is 59.6 Å². The number of aliphatic carboxylic acids is 2. The molecule has 4 rings (SSSR count). The highest BCUT2D eigenvalue weighted by Crippen LogP contribution is 2.30. The molecule has 0 unspecified atom stereocenters. The Balaban J connectivity index is 0.000000271. The number of carboxylic acid groups (broad SMARTS) is 2. The quantitative estimate of drug-likeness (QED) is 0.132. The number of halogens is 2. The zero-order valence-corrected chi connectivity index (χ0v) is 28.6. The molecule has 0 aromatic heterocycles. The lowest BCUT2D eigenvalue weighted by Gasteiger charge is -2.14. The number of ether oxygens (including phenoxy) is 6. The highest BCUT2D eigenvalue weighted by atomic mass is 35.5. The molecule has 0 heterocycles. The summed E-state index contributed by atoms with van der Waals surface area (Å²) < 4.78 is 30.8. The van der Waals surface area contributed by atoms with Gasteiger partial charge in [-0.05, 0) is 59.7 Å². The zero-order chi connectivity index (χ0) is 36.5. The van der Waals surface area contributed by atoms with Crippen LogP contribution in [-0.2, 0) is 41.5 Å². The third-order valence-electron chi connectivity index (χ3n) is 6.60. The van der Waals surface area contributed by atoms with E-state index >= 15 is 0 Å². The van der Waals surface area contributed by atoms with Crippen molar-refractivity contribution in [3.05, 3.63) is 117 Å². The molecule has 50 heavy (non-hydrogen) atoms. The summed E-state index contributed by atoms with van der Waals surface area (Å²) in [4.78, 5) is 44.0. The van der Waals surface area contributed by atoms with Gasteiger partial charge in [0.1, 0.15) is 23.0 Å². The SMILES string of the molecule is COC(=O)COc1ccccc1Cc1cc(Cl)ccc1OCC(=O)OC.O=C(O)COc1ccccc1Cc1cc(Cl)ccc1OCC(=O)O. The van der Waals surface area contributed by atoms with Gasteiger partial charge >= 0.3 is 23.9 Å². The maximum absolute atomic E-state index is 11.3. The topological polar surface area (TPSA) is 164 Å². The Hall–Kier alpha value is -5.46. The number of para-hydroxylation sites is 2. The summed E-state index contributed by atoms with van der Waals surface area (Å²) in [5, 5.41) is 18.5. The largest absolute Gasteiger partial charge is 0.482 e. The molecule has 12 nitrogen and oxygen atoms in total. The third-order valence-corrected chi connectivity index (χ3v) is 7.07. The van der Waals surface area contributed by atoms with Crippen molar-refractivity contribution >= 4 is 47.1 Å². The van der Waals surface area contributed by atoms with Crippen LogP contribution in [0.15, 0.2) is 84.9 Å². The van der Waals surface area contributed by atoms with Gasteiger partial charge in [0.15, 0.2) is 26.4 Å². The first-order valence-corrected chi connectivity index (χ1v) is 15.6. The molecule has 14 heteroatoms. The normalized spacial score (nSPS) is 10.2. The molecule has 0 aliphatic carbocycles. The van der Waals surface area contributed by atoms with Gasteiger partial charge in [-0.15, -0.1) is 0 Å². The van der Waals surface area contributed by atoms with Crippen LogP contribution in [0, 0.1) is 0 Å². The van der Waals surface area contributed by atoms with Crippen molar-refractivity contribution in [3.8, 4) is 23.0 Å². The average molecular weight is 730 g/mol. The molecule has 0 aliphatic rings. The molecule has 0 saturated heterocycles. The van der Waals surface area contributed by atoms with Gasteiger partial charge in [-0.2, -0.15) is 0 Å². The fourth-order valence-electron chi connectivity index (χ4n) is 4.32. The van der Waals surface area contributed by atoms with Crippen LogP contribution < -0.4 is 18.9 Å². The summed E-state index contributed by atoms with van der Waals surface area (Å²) in [5.74, 6) is -1.20. The second-order valence-corrected chi connectivity index (χ2v) is 11.0. The number of rotatable bonds is 16. The lowest BCUT2D eigenvalue weighted by molar-refractivity contribution is -0.143. The summed E-state index contributed by atoms with van der Waals surface area (Å²) in [6, 6.07) is 24.3. The van der Waals surface area contributed by atoms with Crippen LogP contribution in [0.3, 0.4) is 0 Å². The van der Waals surface area contributed by atoms with Crippen LogP contribution >= 0.6 is 23.2 Å². The van der Waals surface area contributed by atoms with Crippen molar-refractivity contribution < 1.29 is 57.8 Å². The van der Waals surface area contributed by atoms with E-state index in [1.807, 2.05) is 18.2 Å². The zero-order valence-electron chi connectivity index (χ0n) is 27.1. The average Bonchev–Trinajstić information content (AvgIpc) is 3.10. The molecule has 264 valence electrons. The second-order valence-electron chi connectivity index (χ2n) is 10.2. The van der Waals surface area contributed by atoms with Gasteiger partial charge in [0.2, 0.25) is 0 Å². The standard InChI is InChI=1S/C19H19ClO6.C17H15ClO6/c1-23-18(21)11-25-16-6-4-3-5-13(16)9-14-10-15(20)7-8-17(14)26-12-19(22)24-2;18-13-5-6-15(24-10-17(21)22)12(8-13)7-11-3-1-2-4-14(11)23-9-16(19)20/h3-8,10H,9,11-12H2,1-2H3;1-6,8H,7,9-10H2,(H,19,20)(H,21,22). The van der Waals surface area contributed by atoms with Crippen LogP contribution in [-0.4, -0.2) is 74.7 Å². The predicted octanol–water partition coefficient (Wildman–Crippen LogP) is 5.89. The fourth-order valence-corrected chi connectivity index (χ4v) is 4.71. The summed E-state index contributed by atoms with van der Waals surface area (Å²) in [6.07, 6.45) is 0.791. The molecule has 4 aromatic rings. The molecule has 0 fully saturated rings. The molecule has 4 aromatic carbocycles. The monoisotopic (exact) mass is 728 g/mol. The van der Waals surface area contributed by atoms with Crippen LogP contribution in [0.2, 0.25) is 10.0 Å². The van der Waals surface area contributed by atoms with E-state index < -0.39 is 37.1 Å². The number of benzene rings is 4. The van der Waals surface area contributed by atoms with E-state index in [2.05, 4.69) is 9.47 Å². The smallest absolute Gasteiger partial charge is 0.343 e. The molecule has 0 amide bonds. The molecule has 0 saturated carbocycles. The van der Waals surface area contributed by atoms with Crippen molar-refractivity contribution in [2.45, 2.75) is 12.8 Å². The van der Waals surface area contributed by atoms with Crippen LogP contribution in [0.4, 0.5) is 0 Å². The van der Waals surface area contributed by atoms with Crippen molar-refractivity contribution in [2.24, 2.45) is 0 Å². The Kier molecular flexibility index (Phi) is 15.7. The maximum atomic E-state index is 11.3. The highest BCUT2D eigenvalue weighted by molar-refractivity contribution is 6.31. The van der Waals surface area contributed by atoms with Gasteiger partial charge in [0.05, 0.1) is 14.2 Å². The van der Waals surface area contributed by atoms with Gasteiger partial charge in [-0.25, -0.2) is 19.2 Å². The molecular formula is C36H34Cl2O12. The van der Waals surface area contributed by atoms with Crippen molar-refractivity contribution in [1.82, 2.24) is 0 Å². The third kappa shape index (κ3) is 13.2. The van der Waals surface area contributed by atoms with Gasteiger partial charge in [0.25, 0.3) is 0 Å². The molecule has 0 atom stereocenters. The number of methoxy groups -OCH3 is 2. The molecule has 0 radical (unpaired) electrons. The molecule has 0 aliphatic heterocycles. The number of hydrogen-bond acceptors (Lipinski definition) is 10. The number of esters is 2. The summed E-state index contributed by atoms with van der Waals surface area (Å²) in [6.45, 7) is -1.30. The Morgan fingerprint density at radius 3 is 1.20 bits per heavy atom. The Labute approximate surface area is 298 Å². The minimum absolute atomic E-state index is 0.186. The molecule has 0 bridgehead atoms. The maximum Gasteiger partial charge on any atom is 0.343 e. The van der Waals surface area contributed by atoms with Gasteiger partial charge in [-0.3, -0.25) is 0 Å². The van der Waals surface area contributed by atoms with Gasteiger partial charge in [0, 0.05) is 34.0 Å². The number of carboxylic acids is 2. The lowest BCUT2D eigenvalue weighted by Crippen LogP contribution is -2.14.